The van der Waals surface area contributed by atoms with E-state index in [0.29, 0.717) is 25.7 Å². The van der Waals surface area contributed by atoms with Crippen LogP contribution in [-0.4, -0.2) is 161 Å². The Morgan fingerprint density at radius 2 is 1.44 bits per heavy atom. The first-order valence-electron chi connectivity index (χ1n) is 22.3. The van der Waals surface area contributed by atoms with Crippen LogP contribution in [0.5, 0.6) is 0 Å². The van der Waals surface area contributed by atoms with E-state index in [1.165, 1.54) is 6.92 Å². The molecule has 1 aliphatic heterocycles. The maximum atomic E-state index is 14.1. The van der Waals surface area contributed by atoms with Crippen molar-refractivity contribution in [1.82, 2.24) is 42.5 Å². The molecule has 26 nitrogen and oxygen atoms in total. The molecule has 0 spiro atoms. The van der Waals surface area contributed by atoms with Gasteiger partial charge in [0.05, 0.1) is 18.7 Å². The van der Waals surface area contributed by atoms with Gasteiger partial charge in [0.2, 0.25) is 53.2 Å². The molecule has 386 valence electrons. The third kappa shape index (κ3) is 22.6. The summed E-state index contributed by atoms with van der Waals surface area (Å²) in [6, 6.07) is -10.8. The molecule has 0 aliphatic carbocycles. The van der Waals surface area contributed by atoms with Crippen LogP contribution < -0.4 is 71.2 Å². The van der Waals surface area contributed by atoms with Crippen molar-refractivity contribution in [2.75, 3.05) is 31.1 Å². The number of rotatable bonds is 24. The van der Waals surface area contributed by atoms with Crippen LogP contribution in [0.2, 0.25) is 0 Å². The number of carboxylic acid groups (broad SMARTS) is 1. The number of aliphatic hydroxyl groups excluding tert-OH is 1. The second-order valence-electron chi connectivity index (χ2n) is 16.6. The predicted octanol–water partition coefficient (Wildman–Crippen LogP) is -5.17. The zero-order valence-corrected chi connectivity index (χ0v) is 40.8. The molecule has 9 amide bonds. The summed E-state index contributed by atoms with van der Waals surface area (Å²) in [5, 5.41) is 39.8. The summed E-state index contributed by atoms with van der Waals surface area (Å²) < 4.78 is 0. The largest absolute Gasteiger partial charge is 0.481 e. The van der Waals surface area contributed by atoms with Crippen LogP contribution in [0.25, 0.3) is 0 Å². The first-order chi connectivity index (χ1) is 31.9. The number of hydrogen-bond donors (Lipinski definition) is 15. The van der Waals surface area contributed by atoms with Gasteiger partial charge in [-0.05, 0) is 63.8 Å². The molecule has 0 saturated carbocycles. The van der Waals surface area contributed by atoms with Crippen molar-refractivity contribution in [3.63, 3.8) is 0 Å². The quantitative estimate of drug-likeness (QED) is 0.0186. The lowest BCUT2D eigenvalue weighted by Gasteiger charge is -2.28. The topological polar surface area (TPSA) is 450 Å². The molecular weight excluding hydrogens is 933 g/mol. The van der Waals surface area contributed by atoms with Gasteiger partial charge in [0.15, 0.2) is 5.96 Å². The van der Waals surface area contributed by atoms with Crippen LogP contribution in [0.3, 0.4) is 0 Å². The Bertz CT molecular complexity index is 1770. The van der Waals surface area contributed by atoms with E-state index in [1.807, 2.05) is 0 Å². The summed E-state index contributed by atoms with van der Waals surface area (Å²) in [5.74, 6) is -10.8. The Morgan fingerprint density at radius 3 is 2.01 bits per heavy atom. The summed E-state index contributed by atoms with van der Waals surface area (Å²) >= 11 is 0. The predicted molar refractivity (Wildman–Crippen MR) is 254 cm³/mol. The fourth-order valence-corrected chi connectivity index (χ4v) is 8.62. The SMILES string of the molecule is CC[C@H](C)[C@@H]1NC(=O)CNC(=O)[C@H]([C@@H](C)O)NC(=O)[C@@H](NC(=O)[C@H](CCCCN)NC(=O)[C@@H](NC(=O)[C@@H](N)CCCN=C(N)N)C(C)C)CSSC[C@@H](C(=O)N[C@@H](CCC(=O)O)C(N)=O)NC1=O. The molecule has 0 aromatic carbocycles. The fraction of sp³-hybridized carbons (Fsp3) is 0.725. The molecule has 1 heterocycles. The number of aliphatic carboxylic acids is 1. The lowest BCUT2D eigenvalue weighted by molar-refractivity contribution is -0.138. The number of aliphatic hydroxyl groups is 1. The van der Waals surface area contributed by atoms with Crippen molar-refractivity contribution in [1.29, 1.82) is 0 Å². The van der Waals surface area contributed by atoms with Gasteiger partial charge in [0, 0.05) is 24.5 Å². The Kier molecular flexibility index (Phi) is 28.1. The van der Waals surface area contributed by atoms with Crippen molar-refractivity contribution >= 4 is 86.7 Å². The number of nitrogens with one attached hydrogen (secondary N) is 8. The summed E-state index contributed by atoms with van der Waals surface area (Å²) in [4.78, 5) is 136. The molecule has 68 heavy (non-hydrogen) atoms. The smallest absolute Gasteiger partial charge is 0.303 e. The summed E-state index contributed by atoms with van der Waals surface area (Å²) in [6.45, 7) is 7.69. The summed E-state index contributed by atoms with van der Waals surface area (Å²) in [7, 11) is 1.86. The molecule has 0 aromatic rings. The van der Waals surface area contributed by atoms with Gasteiger partial charge in [-0.3, -0.25) is 52.9 Å². The molecular formula is C40H72N14O12S2. The van der Waals surface area contributed by atoms with Gasteiger partial charge < -0.3 is 81.4 Å². The standard InChI is InChI=1S/C40H72N14O12S2/c1-6-20(4)30-39(66)51-25(35(62)48-23(32(43)59)12-13-28(57)58)17-67-68-18-26(36(63)54-31(21(5)55)37(64)47-16-27(56)52-30)50-34(61)24(11-7-8-14-41)49-38(65)29(19(2)3)53-33(60)22(42)10-9-15-46-40(44)45/h19-26,29-31,55H,6-18,41-42H2,1-5H3,(H2,43,59)(H,47,64)(H,48,62)(H,49,65)(H,50,61)(H,51,66)(H,52,56)(H,53,60)(H,54,63)(H,57,58)(H4,44,45,46)/t20-,21+,22-,23-,24-,25-,26-,29-,30-,31-/m0/s1. The van der Waals surface area contributed by atoms with E-state index in [4.69, 9.17) is 33.8 Å². The van der Waals surface area contributed by atoms with Gasteiger partial charge >= 0.3 is 5.97 Å². The minimum Gasteiger partial charge on any atom is -0.481 e. The molecule has 1 saturated heterocycles. The molecule has 1 rings (SSSR count). The zero-order valence-electron chi connectivity index (χ0n) is 39.2. The Morgan fingerprint density at radius 1 is 0.779 bits per heavy atom. The molecule has 0 unspecified atom stereocenters. The van der Waals surface area contributed by atoms with E-state index >= 15 is 0 Å². The molecule has 1 aliphatic rings. The number of hydrogen-bond acceptors (Lipinski definition) is 16. The lowest BCUT2D eigenvalue weighted by Crippen LogP contribution is -2.61. The maximum absolute atomic E-state index is 14.1. The summed E-state index contributed by atoms with van der Waals surface area (Å²) in [6.07, 6.45) is -0.661. The molecule has 0 radical (unpaired) electrons. The number of carbonyl (C=O) groups excluding carboxylic acids is 9. The van der Waals surface area contributed by atoms with Crippen molar-refractivity contribution in [3.05, 3.63) is 0 Å². The van der Waals surface area contributed by atoms with Gasteiger partial charge in [-0.15, -0.1) is 0 Å². The average molecular weight is 1010 g/mol. The van der Waals surface area contributed by atoms with Crippen LogP contribution in [0.1, 0.15) is 86.0 Å². The van der Waals surface area contributed by atoms with Gasteiger partial charge in [0.25, 0.3) is 0 Å². The van der Waals surface area contributed by atoms with E-state index in [2.05, 4.69) is 47.5 Å². The van der Waals surface area contributed by atoms with E-state index in [-0.39, 0.29) is 49.8 Å². The number of primary amides is 1. The fourth-order valence-electron chi connectivity index (χ4n) is 6.29. The zero-order chi connectivity index (χ0) is 51.7. The molecule has 0 bridgehead atoms. The van der Waals surface area contributed by atoms with Crippen molar-refractivity contribution in [2.24, 2.45) is 45.5 Å². The highest BCUT2D eigenvalue weighted by molar-refractivity contribution is 8.76. The second kappa shape index (κ2) is 31.6. The highest BCUT2D eigenvalue weighted by atomic mass is 33.1. The van der Waals surface area contributed by atoms with Crippen LogP contribution in [0, 0.1) is 11.8 Å². The average Bonchev–Trinajstić information content (AvgIpc) is 3.27. The highest BCUT2D eigenvalue weighted by Crippen LogP contribution is 2.24. The summed E-state index contributed by atoms with van der Waals surface area (Å²) in [5.41, 5.74) is 27.9. The molecule has 10 atom stereocenters. The maximum Gasteiger partial charge on any atom is 0.303 e. The van der Waals surface area contributed by atoms with E-state index in [9.17, 15) is 53.1 Å². The van der Waals surface area contributed by atoms with Crippen LogP contribution in [0.15, 0.2) is 4.99 Å². The van der Waals surface area contributed by atoms with Gasteiger partial charge in [-0.2, -0.15) is 0 Å². The monoisotopic (exact) mass is 1000 g/mol. The van der Waals surface area contributed by atoms with Crippen LogP contribution in [0.4, 0.5) is 0 Å². The number of nitrogens with two attached hydrogens (primary N) is 5. The van der Waals surface area contributed by atoms with Gasteiger partial charge in [-0.1, -0.05) is 55.7 Å². The van der Waals surface area contributed by atoms with Gasteiger partial charge in [-0.25, -0.2) is 0 Å². The van der Waals surface area contributed by atoms with Crippen molar-refractivity contribution in [2.45, 2.75) is 140 Å². The third-order valence-corrected chi connectivity index (χ3v) is 13.0. The van der Waals surface area contributed by atoms with Crippen LogP contribution >= 0.6 is 21.6 Å². The number of unbranched alkanes of at least 4 members (excludes halogenated alkanes) is 1. The number of nitrogens with zero attached hydrogens (tertiary/aromatic N) is 1. The molecule has 28 heteroatoms. The minimum atomic E-state index is -1.66. The van der Waals surface area contributed by atoms with E-state index < -0.39 is 138 Å². The number of carbonyl (C=O) groups is 10. The van der Waals surface area contributed by atoms with Gasteiger partial charge in [0.1, 0.15) is 42.3 Å². The highest BCUT2D eigenvalue weighted by Gasteiger charge is 2.36. The molecule has 0 aromatic heterocycles. The first-order valence-corrected chi connectivity index (χ1v) is 24.8. The van der Waals surface area contributed by atoms with Crippen molar-refractivity contribution in [3.8, 4) is 0 Å². The lowest BCUT2D eigenvalue weighted by atomic mass is 9.98. The van der Waals surface area contributed by atoms with Crippen LogP contribution in [-0.2, 0) is 47.9 Å². The Hall–Kier alpha value is -5.45. The number of aliphatic imine (C=N–C) groups is 1. The number of guanidine groups is 1. The normalized spacial score (nSPS) is 21.3. The van der Waals surface area contributed by atoms with E-state index in [1.54, 1.807) is 27.7 Å². The van der Waals surface area contributed by atoms with Crippen molar-refractivity contribution < 1.29 is 58.2 Å². The molecule has 20 N–H and O–H groups in total. The van der Waals surface area contributed by atoms with E-state index in [0.717, 1.165) is 21.6 Å². The Labute approximate surface area is 403 Å². The second-order valence-corrected chi connectivity index (χ2v) is 19.1. The number of amides is 9. The third-order valence-electron chi connectivity index (χ3n) is 10.6. The number of carboxylic acids is 1. The first kappa shape index (κ1) is 60.6. The molecule has 1 fully saturated rings. The Balaban J connectivity index is 3.59. The minimum absolute atomic E-state index is 0.0295.